The molecule has 2 aliphatic rings. The van der Waals surface area contributed by atoms with Gasteiger partial charge in [0.05, 0.1) is 5.70 Å². The Balaban J connectivity index is 2.35. The third-order valence-corrected chi connectivity index (χ3v) is 1.67. The van der Waals surface area contributed by atoms with Gasteiger partial charge in [0, 0.05) is 13.2 Å². The number of rotatable bonds is 0. The minimum absolute atomic E-state index is 0.00926. The molecule has 2 rings (SSSR count). The lowest BCUT2D eigenvalue weighted by Crippen LogP contribution is -2.29. The van der Waals surface area contributed by atoms with Crippen LogP contribution < -0.4 is 0 Å². The van der Waals surface area contributed by atoms with Crippen molar-refractivity contribution in [1.29, 1.82) is 0 Å². The molecule has 2 aliphatic heterocycles. The van der Waals surface area contributed by atoms with Gasteiger partial charge in [-0.1, -0.05) is 0 Å². The van der Waals surface area contributed by atoms with Crippen LogP contribution >= 0.6 is 0 Å². The van der Waals surface area contributed by atoms with Crippen LogP contribution in [0.25, 0.3) is 0 Å². The first-order valence-corrected chi connectivity index (χ1v) is 3.41. The van der Waals surface area contributed by atoms with E-state index in [2.05, 4.69) is 15.2 Å². The molecular formula is C7H8N4. The lowest BCUT2D eigenvalue weighted by Gasteiger charge is -2.25. The molecule has 56 valence electrons. The Morgan fingerprint density at radius 1 is 1.55 bits per heavy atom. The molecule has 0 aromatic rings. The monoisotopic (exact) mass is 148 g/mol. The molecule has 4 nitrogen and oxygen atoms in total. The summed E-state index contributed by atoms with van der Waals surface area (Å²) in [7, 11) is 1.95. The van der Waals surface area contributed by atoms with Crippen LogP contribution in [0.4, 0.5) is 0 Å². The summed E-state index contributed by atoms with van der Waals surface area (Å²) in [4.78, 5) is 6.05. The number of fused-ring (bicyclic) bond motifs is 1. The van der Waals surface area contributed by atoms with E-state index in [0.717, 1.165) is 5.70 Å². The Morgan fingerprint density at radius 2 is 2.45 bits per heavy atom. The van der Waals surface area contributed by atoms with Crippen molar-refractivity contribution in [2.75, 3.05) is 7.05 Å². The van der Waals surface area contributed by atoms with Crippen molar-refractivity contribution in [3.63, 3.8) is 0 Å². The third-order valence-electron chi connectivity index (χ3n) is 1.67. The molecule has 0 N–H and O–H groups in total. The topological polar surface area (TPSA) is 40.3 Å². The quantitative estimate of drug-likeness (QED) is 0.508. The zero-order chi connectivity index (χ0) is 7.68. The van der Waals surface area contributed by atoms with Gasteiger partial charge in [-0.3, -0.25) is 0 Å². The normalized spacial score (nSPS) is 26.8. The fraction of sp³-hybridized carbons (Fsp3) is 0.286. The first-order valence-electron chi connectivity index (χ1n) is 3.41. The van der Waals surface area contributed by atoms with Gasteiger partial charge >= 0.3 is 0 Å². The molecule has 0 saturated carbocycles. The van der Waals surface area contributed by atoms with Crippen LogP contribution in [0.1, 0.15) is 0 Å². The lowest BCUT2D eigenvalue weighted by molar-refractivity contribution is 0.360. The third kappa shape index (κ3) is 0.960. The van der Waals surface area contributed by atoms with Gasteiger partial charge in [-0.05, 0) is 12.2 Å². The molecule has 1 atom stereocenters. The number of hydrogen-bond donors (Lipinski definition) is 0. The van der Waals surface area contributed by atoms with Crippen molar-refractivity contribution in [3.8, 4) is 0 Å². The van der Waals surface area contributed by atoms with Gasteiger partial charge < -0.3 is 4.90 Å². The smallest absolute Gasteiger partial charge is 0.184 e. The highest BCUT2D eigenvalue weighted by Gasteiger charge is 2.19. The van der Waals surface area contributed by atoms with Gasteiger partial charge in [0.1, 0.15) is 6.34 Å². The van der Waals surface area contributed by atoms with Gasteiger partial charge in [0.2, 0.25) is 0 Å². The molecule has 0 aromatic heterocycles. The van der Waals surface area contributed by atoms with Gasteiger partial charge in [0.25, 0.3) is 0 Å². The van der Waals surface area contributed by atoms with Crippen LogP contribution in [-0.4, -0.2) is 24.5 Å². The SMILES string of the molecule is CN1C=CC=C2N=CN=NC21. The molecule has 4 heteroatoms. The molecule has 0 bridgehead atoms. The Hall–Kier alpha value is -1.45. The highest BCUT2D eigenvalue weighted by Crippen LogP contribution is 2.19. The number of hydrogen-bond acceptors (Lipinski definition) is 4. The number of likely N-dealkylation sites (N-methyl/N-ethyl adjacent to an activating group) is 1. The highest BCUT2D eigenvalue weighted by molar-refractivity contribution is 5.58. The highest BCUT2D eigenvalue weighted by atomic mass is 15.3. The van der Waals surface area contributed by atoms with Crippen LogP contribution in [0.2, 0.25) is 0 Å². The molecular weight excluding hydrogens is 140 g/mol. The molecule has 0 amide bonds. The average molecular weight is 148 g/mol. The Bertz CT molecular complexity index is 274. The van der Waals surface area contributed by atoms with Crippen molar-refractivity contribution in [2.24, 2.45) is 15.2 Å². The summed E-state index contributed by atoms with van der Waals surface area (Å²) in [6.45, 7) is 0. The van der Waals surface area contributed by atoms with E-state index in [1.165, 1.54) is 6.34 Å². The number of allylic oxidation sites excluding steroid dienone is 2. The summed E-state index contributed by atoms with van der Waals surface area (Å²) >= 11 is 0. The Kier molecular flexibility index (Phi) is 1.31. The average Bonchev–Trinajstić information content (AvgIpc) is 2.06. The molecule has 0 saturated heterocycles. The largest absolute Gasteiger partial charge is 0.353 e. The molecule has 0 spiro atoms. The first kappa shape index (κ1) is 6.27. The van der Waals surface area contributed by atoms with E-state index in [1.54, 1.807) is 0 Å². The first-order chi connectivity index (χ1) is 5.38. The Morgan fingerprint density at radius 3 is 3.27 bits per heavy atom. The van der Waals surface area contributed by atoms with Crippen LogP contribution in [-0.2, 0) is 0 Å². The summed E-state index contributed by atoms with van der Waals surface area (Å²) in [6.07, 6.45) is 7.30. The predicted molar refractivity (Wildman–Crippen MR) is 42.1 cm³/mol. The minimum Gasteiger partial charge on any atom is -0.353 e. The zero-order valence-electron chi connectivity index (χ0n) is 6.18. The molecule has 0 radical (unpaired) electrons. The van der Waals surface area contributed by atoms with E-state index in [1.807, 2.05) is 30.3 Å². The Labute approximate surface area is 64.6 Å². The fourth-order valence-electron chi connectivity index (χ4n) is 1.09. The second-order valence-electron chi connectivity index (χ2n) is 2.45. The number of aliphatic imine (C=N–C) groups is 1. The van der Waals surface area contributed by atoms with E-state index < -0.39 is 0 Å². The summed E-state index contributed by atoms with van der Waals surface area (Å²) in [5.74, 6) is 0. The summed E-state index contributed by atoms with van der Waals surface area (Å²) < 4.78 is 0. The van der Waals surface area contributed by atoms with Crippen LogP contribution in [0.3, 0.4) is 0 Å². The zero-order valence-corrected chi connectivity index (χ0v) is 6.18. The van der Waals surface area contributed by atoms with Gasteiger partial charge in [-0.25, -0.2) is 4.99 Å². The van der Waals surface area contributed by atoms with E-state index in [-0.39, 0.29) is 6.17 Å². The molecule has 0 fully saturated rings. The van der Waals surface area contributed by atoms with Gasteiger partial charge in [-0.15, -0.1) is 5.11 Å². The van der Waals surface area contributed by atoms with E-state index in [9.17, 15) is 0 Å². The lowest BCUT2D eigenvalue weighted by atomic mass is 10.2. The molecule has 0 aliphatic carbocycles. The standard InChI is InChI=1S/C7H8N4/c1-11-4-2-3-6-7(11)10-9-5-8-6/h2-5,7H,1H3. The predicted octanol–water partition coefficient (Wildman–Crippen LogP) is 1.15. The second kappa shape index (κ2) is 2.30. The van der Waals surface area contributed by atoms with E-state index >= 15 is 0 Å². The second-order valence-corrected chi connectivity index (χ2v) is 2.45. The van der Waals surface area contributed by atoms with E-state index in [0.29, 0.717) is 0 Å². The summed E-state index contributed by atoms with van der Waals surface area (Å²) in [5.41, 5.74) is 0.949. The summed E-state index contributed by atoms with van der Waals surface area (Å²) in [6, 6.07) is 0. The van der Waals surface area contributed by atoms with E-state index in [4.69, 9.17) is 0 Å². The maximum Gasteiger partial charge on any atom is 0.184 e. The van der Waals surface area contributed by atoms with Crippen LogP contribution in [0.5, 0.6) is 0 Å². The van der Waals surface area contributed by atoms with Crippen LogP contribution in [0, 0.1) is 0 Å². The maximum absolute atomic E-state index is 4.08. The van der Waals surface area contributed by atoms with Crippen molar-refractivity contribution < 1.29 is 0 Å². The molecule has 2 heterocycles. The van der Waals surface area contributed by atoms with Gasteiger partial charge in [-0.2, -0.15) is 5.11 Å². The van der Waals surface area contributed by atoms with Crippen LogP contribution in [0.15, 0.2) is 39.3 Å². The maximum atomic E-state index is 4.08. The van der Waals surface area contributed by atoms with Crippen molar-refractivity contribution >= 4 is 6.34 Å². The van der Waals surface area contributed by atoms with Gasteiger partial charge in [0.15, 0.2) is 6.17 Å². The van der Waals surface area contributed by atoms with Crippen molar-refractivity contribution in [2.45, 2.75) is 6.17 Å². The molecule has 0 aromatic carbocycles. The molecule has 11 heavy (non-hydrogen) atoms. The molecule has 1 unspecified atom stereocenters. The summed E-state index contributed by atoms with van der Waals surface area (Å²) in [5, 5.41) is 7.74. The van der Waals surface area contributed by atoms with Crippen molar-refractivity contribution in [1.82, 2.24) is 4.90 Å². The fourth-order valence-corrected chi connectivity index (χ4v) is 1.09. The van der Waals surface area contributed by atoms with Crippen molar-refractivity contribution in [3.05, 3.63) is 24.0 Å². The number of azo groups is 1. The number of nitrogens with zero attached hydrogens (tertiary/aromatic N) is 4. The minimum atomic E-state index is -0.00926.